The van der Waals surface area contributed by atoms with Gasteiger partial charge in [-0.25, -0.2) is 4.99 Å². The Morgan fingerprint density at radius 2 is 2.05 bits per heavy atom. The predicted molar refractivity (Wildman–Crippen MR) is 76.3 cm³/mol. The quantitative estimate of drug-likeness (QED) is 0.682. The minimum absolute atomic E-state index is 0.0190. The van der Waals surface area contributed by atoms with Gasteiger partial charge in [0.1, 0.15) is 17.7 Å². The Kier molecular flexibility index (Phi) is 2.99. The molecule has 1 spiro atoms. The molecule has 3 aliphatic rings. The number of nitrogens with one attached hydrogen (secondary N) is 1. The summed E-state index contributed by atoms with van der Waals surface area (Å²) in [7, 11) is 0. The Morgan fingerprint density at radius 3 is 2.57 bits per heavy atom. The lowest BCUT2D eigenvalue weighted by Crippen LogP contribution is -2.52. The van der Waals surface area contributed by atoms with Crippen molar-refractivity contribution < 1.29 is 9.47 Å². The van der Waals surface area contributed by atoms with E-state index in [0.29, 0.717) is 37.9 Å². The summed E-state index contributed by atoms with van der Waals surface area (Å²) in [5, 5.41) is 17.5. The topological polar surface area (TPSA) is 108 Å². The lowest BCUT2D eigenvalue weighted by molar-refractivity contribution is 0.0661. The van der Waals surface area contributed by atoms with Crippen LogP contribution in [0.4, 0.5) is 0 Å². The van der Waals surface area contributed by atoms with Gasteiger partial charge < -0.3 is 20.1 Å². The minimum atomic E-state index is -1.02. The maximum Gasteiger partial charge on any atom is 0.211 e. The van der Waals surface area contributed by atoms with Gasteiger partial charge in [0.15, 0.2) is 11.1 Å². The van der Waals surface area contributed by atoms with Crippen molar-refractivity contribution in [2.75, 3.05) is 26.3 Å². The molecule has 7 nitrogen and oxygen atoms in total. The largest absolute Gasteiger partial charge is 0.446 e. The number of nitriles is 1. The highest BCUT2D eigenvalue weighted by atomic mass is 16.5. The highest BCUT2D eigenvalue weighted by Gasteiger charge is 2.57. The Bertz CT molecular complexity index is 649. The number of hydrogen-bond donors (Lipinski definition) is 2. The number of morpholine rings is 1. The normalized spacial score (nSPS) is 29.1. The molecule has 110 valence electrons. The summed E-state index contributed by atoms with van der Waals surface area (Å²) in [4.78, 5) is 6.44. The molecule has 0 aliphatic carbocycles. The Labute approximate surface area is 122 Å². The number of hydrogen-bond acceptors (Lipinski definition) is 7. The van der Waals surface area contributed by atoms with Crippen LogP contribution < -0.4 is 5.73 Å². The van der Waals surface area contributed by atoms with E-state index in [9.17, 15) is 5.26 Å². The molecule has 3 heterocycles. The van der Waals surface area contributed by atoms with Crippen LogP contribution in [0.2, 0.25) is 0 Å². The lowest BCUT2D eigenvalue weighted by atomic mass is 9.77. The van der Waals surface area contributed by atoms with Gasteiger partial charge in [-0.1, -0.05) is 0 Å². The van der Waals surface area contributed by atoms with Gasteiger partial charge >= 0.3 is 0 Å². The number of nitrogens with zero attached hydrogens (tertiary/aromatic N) is 3. The number of rotatable bonds is 0. The molecule has 1 unspecified atom stereocenters. The standard InChI is InChI=1S/C14H17N5O2/c1-8-9(2)21-12(17)14(8)11(16)10(7-15)18-13(14)19-3-5-20-6-4-19/h17H,3-6,16H2,1-2H3. The van der Waals surface area contributed by atoms with E-state index >= 15 is 0 Å². The summed E-state index contributed by atoms with van der Waals surface area (Å²) in [6.45, 7) is 6.17. The summed E-state index contributed by atoms with van der Waals surface area (Å²) >= 11 is 0. The van der Waals surface area contributed by atoms with E-state index in [4.69, 9.17) is 20.6 Å². The van der Waals surface area contributed by atoms with Crippen molar-refractivity contribution in [3.63, 3.8) is 0 Å². The van der Waals surface area contributed by atoms with Crippen LogP contribution >= 0.6 is 0 Å². The molecule has 3 N–H and O–H groups in total. The monoisotopic (exact) mass is 287 g/mol. The molecular formula is C14H17N5O2. The zero-order valence-corrected chi connectivity index (χ0v) is 12.1. The molecule has 1 atom stereocenters. The first kappa shape index (κ1) is 13.6. The second kappa shape index (κ2) is 4.60. The van der Waals surface area contributed by atoms with Crippen LogP contribution in [0.15, 0.2) is 27.7 Å². The number of aliphatic imine (C=N–C) groups is 1. The van der Waals surface area contributed by atoms with Crippen LogP contribution in [0, 0.1) is 22.2 Å². The smallest absolute Gasteiger partial charge is 0.211 e. The highest BCUT2D eigenvalue weighted by molar-refractivity contribution is 6.16. The highest BCUT2D eigenvalue weighted by Crippen LogP contribution is 2.48. The fourth-order valence-corrected chi connectivity index (χ4v) is 3.05. The molecule has 0 radical (unpaired) electrons. The number of nitrogens with two attached hydrogens (primary N) is 1. The second-order valence-electron chi connectivity index (χ2n) is 5.27. The molecule has 0 saturated carbocycles. The van der Waals surface area contributed by atoms with Crippen molar-refractivity contribution in [1.29, 1.82) is 10.7 Å². The number of amidine groups is 1. The zero-order chi connectivity index (χ0) is 15.2. The SMILES string of the molecule is CC1=C(C)C2(C(=N)O1)C(N1CCOCC1)=NC(C#N)=C2N. The first-order valence-electron chi connectivity index (χ1n) is 6.80. The van der Waals surface area contributed by atoms with Gasteiger partial charge in [0, 0.05) is 13.1 Å². The van der Waals surface area contributed by atoms with Gasteiger partial charge in [0.25, 0.3) is 0 Å². The minimum Gasteiger partial charge on any atom is -0.446 e. The lowest BCUT2D eigenvalue weighted by Gasteiger charge is -2.36. The van der Waals surface area contributed by atoms with Crippen LogP contribution in [-0.4, -0.2) is 42.9 Å². The summed E-state index contributed by atoms with van der Waals surface area (Å²) in [5.41, 5.74) is 6.45. The van der Waals surface area contributed by atoms with E-state index in [1.165, 1.54) is 0 Å². The van der Waals surface area contributed by atoms with Gasteiger partial charge in [-0.15, -0.1) is 0 Å². The predicted octanol–water partition coefficient (Wildman–Crippen LogP) is 0.712. The third kappa shape index (κ3) is 1.63. The third-order valence-corrected chi connectivity index (χ3v) is 4.32. The Morgan fingerprint density at radius 1 is 1.38 bits per heavy atom. The van der Waals surface area contributed by atoms with Gasteiger partial charge in [-0.05, 0) is 19.4 Å². The van der Waals surface area contributed by atoms with Crippen LogP contribution in [0.3, 0.4) is 0 Å². The van der Waals surface area contributed by atoms with Crippen molar-refractivity contribution in [2.24, 2.45) is 16.1 Å². The second-order valence-corrected chi connectivity index (χ2v) is 5.27. The average molecular weight is 287 g/mol. The molecule has 7 heteroatoms. The zero-order valence-electron chi connectivity index (χ0n) is 12.1. The van der Waals surface area contributed by atoms with Crippen molar-refractivity contribution >= 4 is 11.7 Å². The molecule has 0 aromatic carbocycles. The molecule has 3 aliphatic heterocycles. The molecule has 1 fully saturated rings. The van der Waals surface area contributed by atoms with Crippen LogP contribution in [0.25, 0.3) is 0 Å². The average Bonchev–Trinajstić information content (AvgIpc) is 2.91. The van der Waals surface area contributed by atoms with E-state index in [2.05, 4.69) is 4.99 Å². The first-order valence-corrected chi connectivity index (χ1v) is 6.80. The van der Waals surface area contributed by atoms with E-state index < -0.39 is 5.41 Å². The van der Waals surface area contributed by atoms with Gasteiger partial charge in [-0.2, -0.15) is 5.26 Å². The van der Waals surface area contributed by atoms with Crippen molar-refractivity contribution in [3.8, 4) is 6.07 Å². The molecule has 0 aromatic rings. The van der Waals surface area contributed by atoms with E-state index in [-0.39, 0.29) is 17.3 Å². The van der Waals surface area contributed by atoms with E-state index in [1.807, 2.05) is 17.9 Å². The first-order chi connectivity index (χ1) is 10.0. The summed E-state index contributed by atoms with van der Waals surface area (Å²) in [6, 6.07) is 2.02. The van der Waals surface area contributed by atoms with Crippen molar-refractivity contribution in [2.45, 2.75) is 13.8 Å². The van der Waals surface area contributed by atoms with Crippen LogP contribution in [0.5, 0.6) is 0 Å². The maximum absolute atomic E-state index is 9.27. The molecule has 21 heavy (non-hydrogen) atoms. The van der Waals surface area contributed by atoms with E-state index in [1.54, 1.807) is 6.92 Å². The summed E-state index contributed by atoms with van der Waals surface area (Å²) in [5.74, 6) is 1.27. The maximum atomic E-state index is 9.27. The van der Waals surface area contributed by atoms with Crippen molar-refractivity contribution in [3.05, 3.63) is 22.7 Å². The van der Waals surface area contributed by atoms with Crippen molar-refractivity contribution in [1.82, 2.24) is 4.90 Å². The Hall–Kier alpha value is -2.33. The Balaban J connectivity index is 2.16. The molecule has 1 saturated heterocycles. The van der Waals surface area contributed by atoms with Gasteiger partial charge in [0.05, 0.1) is 18.9 Å². The molecule has 3 rings (SSSR count). The summed E-state index contributed by atoms with van der Waals surface area (Å²) < 4.78 is 10.9. The molecule has 0 amide bonds. The van der Waals surface area contributed by atoms with Crippen LogP contribution in [-0.2, 0) is 9.47 Å². The third-order valence-electron chi connectivity index (χ3n) is 4.32. The fourth-order valence-electron chi connectivity index (χ4n) is 3.05. The molecular weight excluding hydrogens is 270 g/mol. The fraction of sp³-hybridized carbons (Fsp3) is 0.500. The number of allylic oxidation sites excluding steroid dienone is 2. The molecule has 0 aromatic heterocycles. The van der Waals surface area contributed by atoms with Gasteiger partial charge in [0.2, 0.25) is 5.90 Å². The van der Waals surface area contributed by atoms with E-state index in [0.717, 1.165) is 5.57 Å². The van der Waals surface area contributed by atoms with Crippen LogP contribution in [0.1, 0.15) is 13.8 Å². The number of ether oxygens (including phenoxy) is 2. The molecule has 0 bridgehead atoms. The summed E-state index contributed by atoms with van der Waals surface area (Å²) in [6.07, 6.45) is 0. The van der Waals surface area contributed by atoms with Gasteiger partial charge in [-0.3, -0.25) is 5.41 Å².